The van der Waals surface area contributed by atoms with E-state index in [1.807, 2.05) is 0 Å². The highest BCUT2D eigenvalue weighted by Gasteiger charge is 2.26. The Morgan fingerprint density at radius 3 is 1.50 bits per heavy atom. The molecule has 0 aromatic rings. The molecule has 0 aliphatic heterocycles. The van der Waals surface area contributed by atoms with Gasteiger partial charge in [-0.3, -0.25) is 0 Å². The minimum atomic E-state index is -1.38. The van der Waals surface area contributed by atoms with Crippen molar-refractivity contribution >= 4 is 16.4 Å². The first-order chi connectivity index (χ1) is 5.17. The molecule has 0 spiro atoms. The van der Waals surface area contributed by atoms with Crippen LogP contribution in [0.15, 0.2) is 11.5 Å². The van der Waals surface area contributed by atoms with Crippen molar-refractivity contribution in [3.63, 3.8) is 0 Å². The molecule has 0 atom stereocenters. The lowest BCUT2D eigenvalue weighted by Gasteiger charge is -2.29. The molecule has 12 heavy (non-hydrogen) atoms. The summed E-state index contributed by atoms with van der Waals surface area (Å²) in [6.07, 6.45) is 2.14. The highest BCUT2D eigenvalue weighted by atomic mass is 28.4. The zero-order chi connectivity index (χ0) is 9.99. The van der Waals surface area contributed by atoms with Crippen molar-refractivity contribution in [3.8, 4) is 0 Å². The molecular formula is C9H22OSi2. The van der Waals surface area contributed by atoms with Crippen molar-refractivity contribution in [2.45, 2.75) is 46.2 Å². The average Bonchev–Trinajstić information content (AvgIpc) is 1.78. The Hall–Kier alpha value is -0.0262. The molecule has 3 heteroatoms. The van der Waals surface area contributed by atoms with E-state index in [1.54, 1.807) is 0 Å². The second-order valence-electron chi connectivity index (χ2n) is 5.12. The van der Waals surface area contributed by atoms with Crippen molar-refractivity contribution < 1.29 is 4.43 Å². The van der Waals surface area contributed by atoms with Gasteiger partial charge in [-0.25, -0.2) is 0 Å². The SMILES string of the molecule is CC=C(O[Si](C)(C)C)[Si](C)(C)C. The third-order valence-electron chi connectivity index (χ3n) is 1.42. The van der Waals surface area contributed by atoms with Gasteiger partial charge in [-0.15, -0.1) is 0 Å². The normalized spacial score (nSPS) is 14.8. The van der Waals surface area contributed by atoms with E-state index >= 15 is 0 Å². The molecule has 0 aromatic heterocycles. The predicted octanol–water partition coefficient (Wildman–Crippen LogP) is 3.62. The maximum absolute atomic E-state index is 6.01. The van der Waals surface area contributed by atoms with E-state index in [4.69, 9.17) is 4.43 Å². The van der Waals surface area contributed by atoms with Crippen LogP contribution in [0, 0.1) is 0 Å². The fourth-order valence-electron chi connectivity index (χ4n) is 0.975. The number of allylic oxidation sites excluding steroid dienone is 1. The molecule has 1 nitrogen and oxygen atoms in total. The van der Waals surface area contributed by atoms with Crippen molar-refractivity contribution in [1.82, 2.24) is 0 Å². The molecule has 0 heterocycles. The van der Waals surface area contributed by atoms with Crippen LogP contribution in [0.25, 0.3) is 0 Å². The van der Waals surface area contributed by atoms with E-state index in [-0.39, 0.29) is 0 Å². The minimum absolute atomic E-state index is 1.22. The highest BCUT2D eigenvalue weighted by Crippen LogP contribution is 2.20. The topological polar surface area (TPSA) is 9.23 Å². The zero-order valence-electron chi connectivity index (χ0n) is 9.49. The second kappa shape index (κ2) is 3.79. The number of hydrogen-bond acceptors (Lipinski definition) is 1. The van der Waals surface area contributed by atoms with Gasteiger partial charge >= 0.3 is 0 Å². The Bertz CT molecular complexity index is 172. The Morgan fingerprint density at radius 2 is 1.42 bits per heavy atom. The van der Waals surface area contributed by atoms with Gasteiger partial charge in [0.1, 0.15) is 8.07 Å². The van der Waals surface area contributed by atoms with Crippen LogP contribution in [0.3, 0.4) is 0 Å². The first-order valence-electron chi connectivity index (χ1n) is 4.52. The molecule has 0 fully saturated rings. The van der Waals surface area contributed by atoms with Crippen molar-refractivity contribution in [2.75, 3.05) is 0 Å². The third-order valence-corrected chi connectivity index (χ3v) is 4.32. The average molecular weight is 202 g/mol. The van der Waals surface area contributed by atoms with Crippen molar-refractivity contribution in [3.05, 3.63) is 11.5 Å². The fourth-order valence-corrected chi connectivity index (χ4v) is 4.76. The maximum atomic E-state index is 6.01. The fraction of sp³-hybridized carbons (Fsp3) is 0.778. The lowest BCUT2D eigenvalue weighted by atomic mass is 10.7. The molecule has 0 rings (SSSR count). The molecule has 0 unspecified atom stereocenters. The summed E-state index contributed by atoms with van der Waals surface area (Å²) >= 11 is 0. The van der Waals surface area contributed by atoms with E-state index < -0.39 is 16.4 Å². The molecule has 0 aliphatic rings. The second-order valence-corrected chi connectivity index (χ2v) is 14.5. The monoisotopic (exact) mass is 202 g/mol. The van der Waals surface area contributed by atoms with E-state index in [9.17, 15) is 0 Å². The van der Waals surface area contributed by atoms with Crippen LogP contribution in [0.1, 0.15) is 6.92 Å². The minimum Gasteiger partial charge on any atom is -0.552 e. The smallest absolute Gasteiger partial charge is 0.241 e. The van der Waals surface area contributed by atoms with E-state index in [0.29, 0.717) is 0 Å². The summed E-state index contributed by atoms with van der Waals surface area (Å²) in [7, 11) is -2.61. The van der Waals surface area contributed by atoms with E-state index in [0.717, 1.165) is 0 Å². The van der Waals surface area contributed by atoms with Crippen LogP contribution in [0.5, 0.6) is 0 Å². The molecule has 0 aliphatic carbocycles. The third kappa shape index (κ3) is 4.77. The summed E-state index contributed by atoms with van der Waals surface area (Å²) in [5.41, 5.74) is 0. The molecular weight excluding hydrogens is 180 g/mol. The zero-order valence-corrected chi connectivity index (χ0v) is 11.5. The van der Waals surface area contributed by atoms with Gasteiger partial charge in [0.15, 0.2) is 0 Å². The summed E-state index contributed by atoms with van der Waals surface area (Å²) in [5.74, 6) is 0. The number of rotatable bonds is 3. The van der Waals surface area contributed by atoms with Gasteiger partial charge in [-0.1, -0.05) is 25.7 Å². The van der Waals surface area contributed by atoms with Crippen molar-refractivity contribution in [2.24, 2.45) is 0 Å². The molecule has 0 bridgehead atoms. The van der Waals surface area contributed by atoms with E-state index in [2.05, 4.69) is 52.3 Å². The summed E-state index contributed by atoms with van der Waals surface area (Å²) in [4.78, 5) is 0. The highest BCUT2D eigenvalue weighted by molar-refractivity contribution is 6.84. The standard InChI is InChI=1S/C9H22OSi2/c1-8-9(11(2,3)4)10-12(5,6)7/h8H,1-7H3. The summed E-state index contributed by atoms with van der Waals surface area (Å²) in [5, 5.41) is 1.27. The van der Waals surface area contributed by atoms with E-state index in [1.165, 1.54) is 5.38 Å². The molecule has 0 saturated carbocycles. The van der Waals surface area contributed by atoms with Crippen LogP contribution in [0.4, 0.5) is 0 Å². The molecule has 0 aromatic carbocycles. The van der Waals surface area contributed by atoms with Crippen LogP contribution < -0.4 is 0 Å². The lowest BCUT2D eigenvalue weighted by molar-refractivity contribution is 0.451. The summed E-state index contributed by atoms with van der Waals surface area (Å²) in [6, 6.07) is 0. The Labute approximate surface area is 79.0 Å². The molecule has 0 radical (unpaired) electrons. The predicted molar refractivity (Wildman–Crippen MR) is 61.5 cm³/mol. The first-order valence-corrected chi connectivity index (χ1v) is 11.4. The van der Waals surface area contributed by atoms with Crippen LogP contribution >= 0.6 is 0 Å². The lowest BCUT2D eigenvalue weighted by Crippen LogP contribution is -2.34. The van der Waals surface area contributed by atoms with Crippen molar-refractivity contribution in [1.29, 1.82) is 0 Å². The largest absolute Gasteiger partial charge is 0.552 e. The van der Waals surface area contributed by atoms with Crippen LogP contribution in [-0.2, 0) is 4.43 Å². The van der Waals surface area contributed by atoms with Gasteiger partial charge < -0.3 is 4.43 Å². The molecule has 0 amide bonds. The van der Waals surface area contributed by atoms with Gasteiger partial charge in [0.25, 0.3) is 0 Å². The summed E-state index contributed by atoms with van der Waals surface area (Å²) in [6.45, 7) is 15.7. The summed E-state index contributed by atoms with van der Waals surface area (Å²) < 4.78 is 6.01. The maximum Gasteiger partial charge on any atom is 0.241 e. The molecule has 0 N–H and O–H groups in total. The van der Waals surface area contributed by atoms with Crippen LogP contribution in [0.2, 0.25) is 39.3 Å². The Kier molecular flexibility index (Phi) is 3.78. The van der Waals surface area contributed by atoms with Gasteiger partial charge in [-0.2, -0.15) is 0 Å². The van der Waals surface area contributed by atoms with Gasteiger partial charge in [0, 0.05) is 0 Å². The molecule has 72 valence electrons. The first kappa shape index (κ1) is 12.0. The molecule has 0 saturated heterocycles. The van der Waals surface area contributed by atoms with Gasteiger partial charge in [0.2, 0.25) is 8.32 Å². The Morgan fingerprint density at radius 1 is 1.00 bits per heavy atom. The quantitative estimate of drug-likeness (QED) is 0.502. The van der Waals surface area contributed by atoms with Crippen LogP contribution in [-0.4, -0.2) is 16.4 Å². The Balaban J connectivity index is 4.43. The number of hydrogen-bond donors (Lipinski definition) is 0. The van der Waals surface area contributed by atoms with Gasteiger partial charge in [-0.05, 0) is 26.6 Å². The van der Waals surface area contributed by atoms with Gasteiger partial charge in [0.05, 0.1) is 5.38 Å².